The van der Waals surface area contributed by atoms with E-state index in [1.807, 2.05) is 0 Å². The minimum absolute atomic E-state index is 0.0625. The average molecular weight is 164 g/mol. The number of carbonyl (C=O) groups excluding carboxylic acids is 1. The van der Waals surface area contributed by atoms with Crippen molar-refractivity contribution in [2.45, 2.75) is 6.92 Å². The van der Waals surface area contributed by atoms with E-state index in [9.17, 15) is 4.79 Å². The number of nitrogens with one attached hydrogen (secondary N) is 2. The zero-order valence-electron chi connectivity index (χ0n) is 3.82. The first kappa shape index (κ1) is 6.66. The Morgan fingerprint density at radius 2 is 2.29 bits per heavy atom. The Morgan fingerprint density at radius 1 is 1.86 bits per heavy atom. The van der Waals surface area contributed by atoms with E-state index >= 15 is 0 Å². The van der Waals surface area contributed by atoms with Crippen LogP contribution in [-0.2, 0) is 4.79 Å². The van der Waals surface area contributed by atoms with Crippen LogP contribution in [0.1, 0.15) is 6.92 Å². The van der Waals surface area contributed by atoms with E-state index in [1.54, 1.807) is 0 Å². The predicted molar refractivity (Wildman–Crippen MR) is 27.3 cm³/mol. The van der Waals surface area contributed by atoms with Gasteiger partial charge in [-0.25, -0.2) is 0 Å². The van der Waals surface area contributed by atoms with Gasteiger partial charge < -0.3 is 0 Å². The first-order valence-electron chi connectivity index (χ1n) is 1.66. The van der Waals surface area contributed by atoms with Gasteiger partial charge in [0.05, 0.1) is 0 Å². The normalized spacial score (nSPS) is 7.57. The molecule has 2 N–H and O–H groups in total. The topological polar surface area (TPSA) is 53.0 Å². The van der Waals surface area contributed by atoms with Crippen LogP contribution in [-0.4, -0.2) is 26.7 Å². The van der Waals surface area contributed by atoms with Crippen LogP contribution in [0.15, 0.2) is 0 Å². The maximum absolute atomic E-state index is 9.98. The summed E-state index contributed by atoms with van der Waals surface area (Å²) >= 11 is 2.32. The van der Waals surface area contributed by atoms with Gasteiger partial charge in [0, 0.05) is 0 Å². The van der Waals surface area contributed by atoms with Gasteiger partial charge in [0.1, 0.15) is 0 Å². The van der Waals surface area contributed by atoms with Crippen molar-refractivity contribution in [2.75, 3.05) is 0 Å². The molecule has 1 amide bonds. The number of amides is 1. The van der Waals surface area contributed by atoms with Crippen molar-refractivity contribution in [3.8, 4) is 0 Å². The molecule has 0 bridgehead atoms. The Bertz CT molecular complexity index is 89.1. The maximum atomic E-state index is 9.98. The second-order valence-corrected chi connectivity index (χ2v) is 1.87. The van der Waals surface area contributed by atoms with E-state index in [4.69, 9.17) is 5.41 Å². The van der Waals surface area contributed by atoms with Crippen molar-refractivity contribution < 1.29 is 4.79 Å². The third kappa shape index (κ3) is 5.66. The second kappa shape index (κ2) is 2.77. The Morgan fingerprint density at radius 3 is 2.29 bits per heavy atom. The third-order valence-electron chi connectivity index (χ3n) is 0.290. The molecule has 0 aromatic rings. The molecule has 0 saturated heterocycles. The summed E-state index contributed by atoms with van der Waals surface area (Å²) in [5, 5.41) is 8.83. The molecule has 0 aliphatic rings. The molecule has 0 aliphatic heterocycles. The quantitative estimate of drug-likeness (QED) is 0.275. The van der Waals surface area contributed by atoms with Crippen molar-refractivity contribution >= 4 is 26.7 Å². The van der Waals surface area contributed by atoms with E-state index in [-0.39, 0.29) is 10.6 Å². The molecule has 0 unspecified atom stereocenters. The monoisotopic (exact) mass is 165 g/mol. The summed E-state index contributed by atoms with van der Waals surface area (Å²) in [7, 11) is 0. The molecule has 0 rings (SSSR count). The van der Waals surface area contributed by atoms with Crippen molar-refractivity contribution in [3.63, 3.8) is 0 Å². The van der Waals surface area contributed by atoms with Crippen LogP contribution in [0.2, 0.25) is 0 Å². The van der Waals surface area contributed by atoms with E-state index < -0.39 is 0 Å². The molecule has 4 heteroatoms. The fourth-order valence-corrected chi connectivity index (χ4v) is 0.461. The van der Waals surface area contributed by atoms with Crippen LogP contribution in [0.4, 0.5) is 0 Å². The fraction of sp³-hybridized carbons (Fsp3) is 0.333. The number of carbonyl (C=O) groups is 1. The minimum atomic E-state index is -0.219. The van der Waals surface area contributed by atoms with Crippen molar-refractivity contribution in [2.24, 2.45) is 0 Å². The van der Waals surface area contributed by atoms with Gasteiger partial charge in [0.25, 0.3) is 0 Å². The molecule has 0 fully saturated rings. The van der Waals surface area contributed by atoms with Crippen molar-refractivity contribution in [3.05, 3.63) is 0 Å². The summed E-state index contributed by atoms with van der Waals surface area (Å²) in [5.41, 5.74) is 0. The summed E-state index contributed by atoms with van der Waals surface area (Å²) in [4.78, 5) is 9.98. The molecule has 0 aliphatic carbocycles. The number of hydrogen-bond acceptors (Lipinski definition) is 2. The van der Waals surface area contributed by atoms with Crippen LogP contribution in [0.3, 0.4) is 0 Å². The van der Waals surface area contributed by atoms with E-state index in [2.05, 4.69) is 21.3 Å². The molecule has 39 valence electrons. The second-order valence-electron chi connectivity index (χ2n) is 1.01. The molecule has 0 heterocycles. The molecule has 0 aromatic heterocycles. The van der Waals surface area contributed by atoms with Gasteiger partial charge in [0.2, 0.25) is 0 Å². The van der Waals surface area contributed by atoms with Crippen molar-refractivity contribution in [1.82, 2.24) is 5.32 Å². The fourth-order valence-electron chi connectivity index (χ4n) is 0.160. The van der Waals surface area contributed by atoms with Gasteiger partial charge in [-0.1, -0.05) is 0 Å². The van der Waals surface area contributed by atoms with Gasteiger partial charge in [-0.3, -0.25) is 0 Å². The van der Waals surface area contributed by atoms with Crippen molar-refractivity contribution in [1.29, 1.82) is 5.41 Å². The van der Waals surface area contributed by atoms with E-state index in [0.29, 0.717) is 0 Å². The zero-order valence-corrected chi connectivity index (χ0v) is 5.53. The Hall–Kier alpha value is -0.341. The summed E-state index contributed by atoms with van der Waals surface area (Å²) in [5.74, 6) is -0.219. The predicted octanol–water partition coefficient (Wildman–Crippen LogP) is -0.774. The van der Waals surface area contributed by atoms with Crippen LogP contribution in [0.5, 0.6) is 0 Å². The third-order valence-corrected chi connectivity index (χ3v) is 0.504. The number of rotatable bonds is 0. The summed E-state index contributed by atoms with van der Waals surface area (Å²) in [6.07, 6.45) is 0. The first-order valence-corrected chi connectivity index (χ1v) is 2.51. The molecule has 3 nitrogen and oxygen atoms in total. The Kier molecular flexibility index (Phi) is 2.64. The Labute approximate surface area is 49.8 Å². The summed E-state index contributed by atoms with van der Waals surface area (Å²) in [6.45, 7) is 1.35. The van der Waals surface area contributed by atoms with Crippen LogP contribution < -0.4 is 5.32 Å². The Balaban J connectivity index is 3.32. The first-order chi connectivity index (χ1) is 3.13. The molecule has 1 radical (unpaired) electrons. The summed E-state index contributed by atoms with van der Waals surface area (Å²) in [6, 6.07) is 0. The molecule has 7 heavy (non-hydrogen) atoms. The molecule has 0 saturated carbocycles. The summed E-state index contributed by atoms with van der Waals surface area (Å²) < 4.78 is 0.0625. The molecule has 0 spiro atoms. The van der Waals surface area contributed by atoms with Crippen LogP contribution >= 0.6 is 0 Å². The van der Waals surface area contributed by atoms with Gasteiger partial charge in [-0.05, 0) is 0 Å². The number of amidine groups is 1. The standard InChI is InChI=1S/C3H5N2OSe/c1-2(6)5-3(4)7/h1H3,(H2,4,5,6). The van der Waals surface area contributed by atoms with Gasteiger partial charge in [0.15, 0.2) is 0 Å². The van der Waals surface area contributed by atoms with Crippen LogP contribution in [0.25, 0.3) is 0 Å². The van der Waals surface area contributed by atoms with Gasteiger partial charge in [-0.2, -0.15) is 0 Å². The van der Waals surface area contributed by atoms with Gasteiger partial charge in [-0.15, -0.1) is 0 Å². The van der Waals surface area contributed by atoms with E-state index in [0.717, 1.165) is 0 Å². The molecular formula is C3H5N2OSe. The van der Waals surface area contributed by atoms with Gasteiger partial charge >= 0.3 is 49.1 Å². The average Bonchev–Trinajstić information content (AvgIpc) is 1.27. The SMILES string of the molecule is CC(=O)NC(=N)[Se]. The molecule has 0 aromatic carbocycles. The molecular weight excluding hydrogens is 159 g/mol. The molecule has 0 atom stereocenters. The van der Waals surface area contributed by atoms with E-state index in [1.165, 1.54) is 6.92 Å². The van der Waals surface area contributed by atoms with Crippen LogP contribution in [0, 0.1) is 5.41 Å². The number of hydrogen-bond donors (Lipinski definition) is 2. The zero-order chi connectivity index (χ0) is 5.86.